The third kappa shape index (κ3) is 7.63. The highest BCUT2D eigenvalue weighted by Gasteiger charge is 2.15. The molecule has 3 N–H and O–H groups in total. The maximum absolute atomic E-state index is 7.00. The number of aryl methyl sites for hydroxylation is 1. The van der Waals surface area contributed by atoms with Crippen LogP contribution in [0.4, 0.5) is 0 Å². The number of H-pyrrole nitrogens is 1. The van der Waals surface area contributed by atoms with E-state index < -0.39 is 0 Å². The molecule has 22 heavy (non-hydrogen) atoms. The van der Waals surface area contributed by atoms with E-state index in [0.717, 1.165) is 45.2 Å². The first-order valence-electron chi connectivity index (χ1n) is 7.99. The number of aliphatic hydroxyl groups excluding tert-OH is 1. The van der Waals surface area contributed by atoms with Crippen LogP contribution in [0.1, 0.15) is 37.9 Å². The molecule has 0 aromatic carbocycles. The Balaban J connectivity index is 0.00000116. The summed E-state index contributed by atoms with van der Waals surface area (Å²) in [4.78, 5) is 2.40. The molecule has 7 heteroatoms. The first kappa shape index (κ1) is 18.7. The third-order valence-electron chi connectivity index (χ3n) is 3.95. The highest BCUT2D eigenvalue weighted by molar-refractivity contribution is 4.97. The van der Waals surface area contributed by atoms with Crippen molar-refractivity contribution in [1.29, 1.82) is 0 Å². The van der Waals surface area contributed by atoms with Crippen molar-refractivity contribution < 1.29 is 5.11 Å². The Bertz CT molecular complexity index is 387. The van der Waals surface area contributed by atoms with Gasteiger partial charge in [-0.25, -0.2) is 0 Å². The van der Waals surface area contributed by atoms with E-state index in [1.165, 1.54) is 31.5 Å². The maximum atomic E-state index is 7.00. The molecule has 126 valence electrons. The third-order valence-corrected chi connectivity index (χ3v) is 3.95. The van der Waals surface area contributed by atoms with E-state index in [2.05, 4.69) is 44.5 Å². The van der Waals surface area contributed by atoms with Crippen molar-refractivity contribution in [1.82, 2.24) is 30.8 Å². The molecule has 0 atom stereocenters. The standard InChI is InChI=1S/C14H26N6.CH4O/c1-12(5-6-14-16-18-19-17-14)4-3-9-15-13-7-10-20(2)11-8-13;1-2/h13,15H,1,3-11H2,2H3,(H,16,17,18,19);2H,1H3. The topological polar surface area (TPSA) is 90.0 Å². The summed E-state index contributed by atoms with van der Waals surface area (Å²) in [6, 6.07) is 0.707. The lowest BCUT2D eigenvalue weighted by Gasteiger charge is -2.29. The maximum Gasteiger partial charge on any atom is 0.174 e. The smallest absolute Gasteiger partial charge is 0.174 e. The van der Waals surface area contributed by atoms with Crippen LogP contribution in [0.3, 0.4) is 0 Å². The Labute approximate surface area is 133 Å². The number of rotatable bonds is 8. The van der Waals surface area contributed by atoms with Gasteiger partial charge >= 0.3 is 0 Å². The second-order valence-corrected chi connectivity index (χ2v) is 5.71. The molecule has 2 heterocycles. The molecule has 0 saturated carbocycles. The van der Waals surface area contributed by atoms with E-state index >= 15 is 0 Å². The summed E-state index contributed by atoms with van der Waals surface area (Å²) in [7, 11) is 3.20. The number of nitrogens with zero attached hydrogens (tertiary/aromatic N) is 4. The summed E-state index contributed by atoms with van der Waals surface area (Å²) in [5, 5.41) is 24.6. The largest absolute Gasteiger partial charge is 0.400 e. The molecular weight excluding hydrogens is 280 g/mol. The normalized spacial score (nSPS) is 16.1. The van der Waals surface area contributed by atoms with Crippen molar-refractivity contribution >= 4 is 0 Å². The van der Waals surface area contributed by atoms with Gasteiger partial charge in [-0.05, 0) is 58.8 Å². The number of piperidine rings is 1. The molecule has 1 aliphatic heterocycles. The minimum absolute atomic E-state index is 0.707. The summed E-state index contributed by atoms with van der Waals surface area (Å²) >= 11 is 0. The number of hydrogen-bond donors (Lipinski definition) is 3. The number of hydrogen-bond acceptors (Lipinski definition) is 6. The molecule has 0 bridgehead atoms. The van der Waals surface area contributed by atoms with E-state index in [1.54, 1.807) is 0 Å². The van der Waals surface area contributed by atoms with Crippen molar-refractivity contribution in [2.45, 2.75) is 44.6 Å². The van der Waals surface area contributed by atoms with E-state index in [9.17, 15) is 0 Å². The van der Waals surface area contributed by atoms with Gasteiger partial charge < -0.3 is 15.3 Å². The van der Waals surface area contributed by atoms with Gasteiger partial charge in [-0.1, -0.05) is 17.4 Å². The van der Waals surface area contributed by atoms with Crippen LogP contribution in [-0.2, 0) is 6.42 Å². The van der Waals surface area contributed by atoms with Gasteiger partial charge in [-0.3, -0.25) is 0 Å². The molecule has 2 rings (SSSR count). The highest BCUT2D eigenvalue weighted by atomic mass is 16.2. The number of aliphatic hydroxyl groups is 1. The number of likely N-dealkylation sites (tertiary alicyclic amines) is 1. The van der Waals surface area contributed by atoms with Gasteiger partial charge in [0.1, 0.15) is 0 Å². The lowest BCUT2D eigenvalue weighted by Crippen LogP contribution is -2.41. The predicted octanol–water partition coefficient (Wildman–Crippen LogP) is 0.761. The average molecular weight is 310 g/mol. The van der Waals surface area contributed by atoms with Gasteiger partial charge in [0.05, 0.1) is 0 Å². The van der Waals surface area contributed by atoms with Crippen LogP contribution in [0, 0.1) is 0 Å². The van der Waals surface area contributed by atoms with E-state index in [0.29, 0.717) is 6.04 Å². The predicted molar refractivity (Wildman–Crippen MR) is 87.5 cm³/mol. The first-order chi connectivity index (χ1) is 10.7. The van der Waals surface area contributed by atoms with Gasteiger partial charge in [-0.15, -0.1) is 10.2 Å². The Morgan fingerprint density at radius 2 is 2.09 bits per heavy atom. The SMILES string of the molecule is C=C(CCCNC1CCN(C)CC1)CCc1nn[nH]n1.CO. The second-order valence-electron chi connectivity index (χ2n) is 5.71. The monoisotopic (exact) mass is 310 g/mol. The number of allylic oxidation sites excluding steroid dienone is 1. The fraction of sp³-hybridized carbons (Fsp3) is 0.800. The number of aromatic amines is 1. The van der Waals surface area contributed by atoms with E-state index in [4.69, 9.17) is 5.11 Å². The molecule has 1 saturated heterocycles. The fourth-order valence-electron chi connectivity index (χ4n) is 2.56. The lowest BCUT2D eigenvalue weighted by molar-refractivity contribution is 0.235. The zero-order valence-electron chi connectivity index (χ0n) is 13.9. The minimum atomic E-state index is 0.707. The molecule has 1 aromatic heterocycles. The quantitative estimate of drug-likeness (QED) is 0.485. The average Bonchev–Trinajstić information content (AvgIpc) is 3.07. The summed E-state index contributed by atoms with van der Waals surface area (Å²) < 4.78 is 0. The summed E-state index contributed by atoms with van der Waals surface area (Å²) in [5.74, 6) is 0.774. The van der Waals surface area contributed by atoms with Crippen LogP contribution in [0.15, 0.2) is 12.2 Å². The van der Waals surface area contributed by atoms with E-state index in [1.807, 2.05) is 0 Å². The molecular formula is C15H30N6O. The van der Waals surface area contributed by atoms with Gasteiger partial charge in [0.15, 0.2) is 5.82 Å². The minimum Gasteiger partial charge on any atom is -0.400 e. The number of nitrogens with one attached hydrogen (secondary N) is 2. The Morgan fingerprint density at radius 3 is 2.73 bits per heavy atom. The Kier molecular flexibility index (Phi) is 9.61. The van der Waals surface area contributed by atoms with Crippen LogP contribution in [0.5, 0.6) is 0 Å². The first-order valence-corrected chi connectivity index (χ1v) is 7.99. The Hall–Kier alpha value is -1.31. The molecule has 0 unspecified atom stereocenters. The van der Waals surface area contributed by atoms with Crippen molar-refractivity contribution in [2.75, 3.05) is 33.8 Å². The number of aromatic nitrogens is 4. The van der Waals surface area contributed by atoms with Gasteiger partial charge in [-0.2, -0.15) is 5.21 Å². The van der Waals surface area contributed by atoms with Crippen molar-refractivity contribution in [2.24, 2.45) is 0 Å². The van der Waals surface area contributed by atoms with Crippen molar-refractivity contribution in [3.8, 4) is 0 Å². The summed E-state index contributed by atoms with van der Waals surface area (Å²) in [6.45, 7) is 7.66. The zero-order valence-corrected chi connectivity index (χ0v) is 13.9. The second kappa shape index (κ2) is 11.3. The van der Waals surface area contributed by atoms with Crippen LogP contribution in [0.2, 0.25) is 0 Å². The number of tetrazole rings is 1. The molecule has 0 radical (unpaired) electrons. The zero-order chi connectivity index (χ0) is 16.2. The van der Waals surface area contributed by atoms with Gasteiger partial charge in [0, 0.05) is 19.6 Å². The molecule has 1 fully saturated rings. The van der Waals surface area contributed by atoms with Crippen LogP contribution in [-0.4, -0.2) is 70.5 Å². The van der Waals surface area contributed by atoms with Gasteiger partial charge in [0.25, 0.3) is 0 Å². The van der Waals surface area contributed by atoms with Crippen LogP contribution >= 0.6 is 0 Å². The van der Waals surface area contributed by atoms with Crippen molar-refractivity contribution in [3.05, 3.63) is 18.0 Å². The summed E-state index contributed by atoms with van der Waals surface area (Å²) in [5.41, 5.74) is 1.28. The molecule has 7 nitrogen and oxygen atoms in total. The molecule has 0 spiro atoms. The lowest BCUT2D eigenvalue weighted by atomic mass is 10.0. The molecule has 0 amide bonds. The van der Waals surface area contributed by atoms with Crippen molar-refractivity contribution in [3.63, 3.8) is 0 Å². The fourth-order valence-corrected chi connectivity index (χ4v) is 2.56. The van der Waals surface area contributed by atoms with Crippen LogP contribution in [0.25, 0.3) is 0 Å². The molecule has 1 aromatic rings. The molecule has 1 aliphatic rings. The van der Waals surface area contributed by atoms with Gasteiger partial charge in [0.2, 0.25) is 0 Å². The van der Waals surface area contributed by atoms with E-state index in [-0.39, 0.29) is 0 Å². The highest BCUT2D eigenvalue weighted by Crippen LogP contribution is 2.11. The molecule has 0 aliphatic carbocycles. The Morgan fingerprint density at radius 1 is 1.36 bits per heavy atom. The summed E-state index contributed by atoms with van der Waals surface area (Å²) in [6.07, 6.45) is 6.57. The van der Waals surface area contributed by atoms with Crippen LogP contribution < -0.4 is 5.32 Å².